The lowest BCUT2D eigenvalue weighted by Gasteiger charge is -2.15. The highest BCUT2D eigenvalue weighted by atomic mass is 32.1. The molecular formula is C13H14F2N2OS. The molecule has 6 heteroatoms. The maximum Gasteiger partial charge on any atom is 0.387 e. The number of hydrogen-bond donors (Lipinski definition) is 0. The molecule has 0 fully saturated rings. The van der Waals surface area contributed by atoms with Crippen LogP contribution in [0.1, 0.15) is 10.4 Å². The molecule has 0 saturated heterocycles. The van der Waals surface area contributed by atoms with Crippen LogP contribution in [-0.4, -0.2) is 18.6 Å². The third-order valence-corrected chi connectivity index (χ3v) is 3.53. The maximum absolute atomic E-state index is 12.0. The van der Waals surface area contributed by atoms with E-state index in [1.807, 2.05) is 25.1 Å². The second-order valence-corrected chi connectivity index (χ2v) is 5.35. The normalized spacial score (nSPS) is 10.8. The molecule has 0 aliphatic rings. The van der Waals surface area contributed by atoms with E-state index in [9.17, 15) is 8.78 Å². The van der Waals surface area contributed by atoms with Gasteiger partial charge < -0.3 is 9.64 Å². The summed E-state index contributed by atoms with van der Waals surface area (Å²) in [7, 11) is 1.95. The number of aryl methyl sites for hydroxylation is 1. The lowest BCUT2D eigenvalue weighted by molar-refractivity contribution is -0.0498. The van der Waals surface area contributed by atoms with Crippen molar-refractivity contribution in [2.24, 2.45) is 0 Å². The predicted molar refractivity (Wildman–Crippen MR) is 72.0 cm³/mol. The van der Waals surface area contributed by atoms with E-state index in [1.165, 1.54) is 0 Å². The van der Waals surface area contributed by atoms with Gasteiger partial charge in [-0.1, -0.05) is 12.1 Å². The lowest BCUT2D eigenvalue weighted by atomic mass is 10.2. The Hall–Kier alpha value is -1.69. The van der Waals surface area contributed by atoms with Gasteiger partial charge >= 0.3 is 6.61 Å². The van der Waals surface area contributed by atoms with Crippen LogP contribution in [0.2, 0.25) is 0 Å². The largest absolute Gasteiger partial charge is 0.435 e. The van der Waals surface area contributed by atoms with Gasteiger partial charge in [0.25, 0.3) is 0 Å². The summed E-state index contributed by atoms with van der Waals surface area (Å²) in [5.74, 6) is 0.173. The number of rotatable bonds is 5. The van der Waals surface area contributed by atoms with Crippen molar-refractivity contribution in [3.05, 3.63) is 40.9 Å². The number of ether oxygens (including phenoxy) is 1. The number of alkyl halides is 2. The van der Waals surface area contributed by atoms with Crippen molar-refractivity contribution in [3.8, 4) is 5.75 Å². The minimum atomic E-state index is -2.79. The van der Waals surface area contributed by atoms with Crippen LogP contribution in [0, 0.1) is 6.92 Å². The first kappa shape index (κ1) is 13.7. The van der Waals surface area contributed by atoms with E-state index >= 15 is 0 Å². The minimum Gasteiger partial charge on any atom is -0.435 e. The third kappa shape index (κ3) is 3.89. The smallest absolute Gasteiger partial charge is 0.387 e. The zero-order valence-corrected chi connectivity index (χ0v) is 11.5. The molecule has 1 aromatic heterocycles. The number of nitrogens with zero attached hydrogens (tertiary/aromatic N) is 2. The van der Waals surface area contributed by atoms with Crippen LogP contribution in [0.25, 0.3) is 0 Å². The number of aromatic nitrogens is 1. The maximum atomic E-state index is 12.0. The number of anilines is 1. The van der Waals surface area contributed by atoms with Gasteiger partial charge in [-0.3, -0.25) is 0 Å². The fraction of sp³-hybridized carbons (Fsp3) is 0.308. The van der Waals surface area contributed by atoms with E-state index in [0.717, 1.165) is 15.6 Å². The molecule has 3 nitrogen and oxygen atoms in total. The van der Waals surface area contributed by atoms with Gasteiger partial charge in [-0.15, -0.1) is 11.3 Å². The molecule has 2 rings (SSSR count). The van der Waals surface area contributed by atoms with Crippen LogP contribution in [0.4, 0.5) is 13.9 Å². The SMILES string of the molecule is Cc1cnc(N(C)Cc2ccc(OC(F)F)cc2)s1. The summed E-state index contributed by atoms with van der Waals surface area (Å²) in [6, 6.07) is 6.63. The van der Waals surface area contributed by atoms with Crippen LogP contribution in [0.15, 0.2) is 30.5 Å². The Bertz CT molecular complexity index is 528. The van der Waals surface area contributed by atoms with Crippen LogP contribution >= 0.6 is 11.3 Å². The van der Waals surface area contributed by atoms with E-state index in [2.05, 4.69) is 9.72 Å². The number of benzene rings is 1. The molecular weight excluding hydrogens is 270 g/mol. The number of hydrogen-bond acceptors (Lipinski definition) is 4. The topological polar surface area (TPSA) is 25.4 Å². The molecule has 0 aliphatic heterocycles. The average molecular weight is 284 g/mol. The van der Waals surface area contributed by atoms with E-state index < -0.39 is 6.61 Å². The molecule has 2 aromatic rings. The van der Waals surface area contributed by atoms with Gasteiger partial charge in [-0.05, 0) is 24.6 Å². The molecule has 1 aromatic carbocycles. The monoisotopic (exact) mass is 284 g/mol. The van der Waals surface area contributed by atoms with Crippen LogP contribution in [0.5, 0.6) is 5.75 Å². The quantitative estimate of drug-likeness (QED) is 0.837. The van der Waals surface area contributed by atoms with Crippen molar-refractivity contribution >= 4 is 16.5 Å². The Morgan fingerprint density at radius 1 is 1.32 bits per heavy atom. The van der Waals surface area contributed by atoms with Gasteiger partial charge in [0.2, 0.25) is 0 Å². The molecule has 0 unspecified atom stereocenters. The van der Waals surface area contributed by atoms with Crippen molar-refractivity contribution < 1.29 is 13.5 Å². The summed E-state index contributed by atoms with van der Waals surface area (Å²) in [6.45, 7) is -0.111. The summed E-state index contributed by atoms with van der Waals surface area (Å²) >= 11 is 1.62. The van der Waals surface area contributed by atoms with Gasteiger partial charge in [-0.2, -0.15) is 8.78 Å². The first-order valence-corrected chi connectivity index (χ1v) is 6.53. The standard InChI is InChI=1S/C13H14F2N2OS/c1-9-7-16-13(19-9)17(2)8-10-3-5-11(6-4-10)18-12(14)15/h3-7,12H,8H2,1-2H3. The highest BCUT2D eigenvalue weighted by Crippen LogP contribution is 2.22. The Kier molecular flexibility index (Phi) is 4.31. The molecule has 0 aliphatic carbocycles. The van der Waals surface area contributed by atoms with Crippen molar-refractivity contribution in [3.63, 3.8) is 0 Å². The van der Waals surface area contributed by atoms with Gasteiger partial charge in [0.15, 0.2) is 5.13 Å². The van der Waals surface area contributed by atoms with Gasteiger partial charge in [-0.25, -0.2) is 4.98 Å². The van der Waals surface area contributed by atoms with E-state index in [0.29, 0.717) is 6.54 Å². The van der Waals surface area contributed by atoms with Crippen LogP contribution < -0.4 is 9.64 Å². The van der Waals surface area contributed by atoms with Crippen molar-refractivity contribution in [2.75, 3.05) is 11.9 Å². The molecule has 0 atom stereocenters. The molecule has 0 amide bonds. The Morgan fingerprint density at radius 2 is 2.00 bits per heavy atom. The Morgan fingerprint density at radius 3 is 2.53 bits per heavy atom. The first-order chi connectivity index (χ1) is 9.04. The van der Waals surface area contributed by atoms with Crippen LogP contribution in [0.3, 0.4) is 0 Å². The van der Waals surface area contributed by atoms with Gasteiger partial charge in [0.05, 0.1) is 0 Å². The lowest BCUT2D eigenvalue weighted by Crippen LogP contribution is -2.15. The van der Waals surface area contributed by atoms with E-state index in [4.69, 9.17) is 0 Å². The van der Waals surface area contributed by atoms with Crippen molar-refractivity contribution in [1.29, 1.82) is 0 Å². The zero-order valence-electron chi connectivity index (χ0n) is 10.6. The van der Waals surface area contributed by atoms with Gasteiger partial charge in [0.1, 0.15) is 5.75 Å². The van der Waals surface area contributed by atoms with Crippen molar-refractivity contribution in [2.45, 2.75) is 20.1 Å². The Labute approximate surface area is 114 Å². The molecule has 1 heterocycles. The fourth-order valence-corrected chi connectivity index (χ4v) is 2.36. The van der Waals surface area contributed by atoms with E-state index in [1.54, 1.807) is 35.6 Å². The summed E-state index contributed by atoms with van der Waals surface area (Å²) in [5.41, 5.74) is 1.01. The van der Waals surface area contributed by atoms with Gasteiger partial charge in [0, 0.05) is 24.7 Å². The molecule has 0 bridgehead atoms. The minimum absolute atomic E-state index is 0.173. The fourth-order valence-electron chi connectivity index (χ4n) is 1.64. The third-order valence-electron chi connectivity index (χ3n) is 2.50. The predicted octanol–water partition coefficient (Wildman–Crippen LogP) is 3.69. The molecule has 0 saturated carbocycles. The molecule has 0 spiro atoms. The molecule has 0 N–H and O–H groups in total. The van der Waals surface area contributed by atoms with Crippen LogP contribution in [-0.2, 0) is 6.54 Å². The van der Waals surface area contributed by atoms with Crippen molar-refractivity contribution in [1.82, 2.24) is 4.98 Å². The Balaban J connectivity index is 1.99. The molecule has 102 valence electrons. The highest BCUT2D eigenvalue weighted by Gasteiger charge is 2.07. The molecule has 19 heavy (non-hydrogen) atoms. The zero-order chi connectivity index (χ0) is 13.8. The second kappa shape index (κ2) is 5.97. The second-order valence-electron chi connectivity index (χ2n) is 4.13. The number of halogens is 2. The van der Waals surface area contributed by atoms with E-state index in [-0.39, 0.29) is 5.75 Å². The highest BCUT2D eigenvalue weighted by molar-refractivity contribution is 7.15. The summed E-state index contributed by atoms with van der Waals surface area (Å²) < 4.78 is 28.3. The summed E-state index contributed by atoms with van der Waals surface area (Å²) in [4.78, 5) is 7.46. The average Bonchev–Trinajstić information content (AvgIpc) is 2.78. The number of thiazole rings is 1. The first-order valence-electron chi connectivity index (χ1n) is 5.72. The summed E-state index contributed by atoms with van der Waals surface area (Å²) in [6.07, 6.45) is 1.83. The summed E-state index contributed by atoms with van der Waals surface area (Å²) in [5, 5.41) is 0.936. The molecule has 0 radical (unpaired) electrons.